The smallest absolute Gasteiger partial charge is 0.200 e. The molecule has 5 rings (SSSR count). The van der Waals surface area contributed by atoms with Gasteiger partial charge in [0.25, 0.3) is 0 Å². The van der Waals surface area contributed by atoms with Gasteiger partial charge < -0.3 is 5.73 Å². The molecule has 0 aliphatic carbocycles. The van der Waals surface area contributed by atoms with Crippen LogP contribution in [-0.2, 0) is 6.32 Å². The van der Waals surface area contributed by atoms with E-state index in [4.69, 9.17) is 0 Å². The van der Waals surface area contributed by atoms with E-state index in [-0.39, 0.29) is 0 Å². The molecule has 0 saturated carbocycles. The fraction of sp³-hybridized carbons (Fsp3) is 0.0323. The number of rotatable bonds is 5. The first-order valence-electron chi connectivity index (χ1n) is 13.1. The molecule has 0 spiro atoms. The van der Waals surface area contributed by atoms with Crippen LogP contribution in [0.4, 0.5) is 71.5 Å². The molecule has 0 aliphatic heterocycles. The van der Waals surface area contributed by atoms with Crippen LogP contribution in [0.2, 0.25) is 0 Å². The zero-order chi connectivity index (χ0) is 35.8. The number of hydrogen-bond acceptors (Lipinski definition) is 0. The van der Waals surface area contributed by atoms with Gasteiger partial charge in [-0.25, -0.2) is 65.9 Å². The first kappa shape index (κ1) is 35.9. The van der Waals surface area contributed by atoms with Gasteiger partial charge in [0.2, 0.25) is 0 Å². The van der Waals surface area contributed by atoms with Gasteiger partial charge in [0.1, 0.15) is 46.7 Å². The number of benzene rings is 5. The van der Waals surface area contributed by atoms with Gasteiger partial charge in [0.15, 0.2) is 52.4 Å². The quantitative estimate of drug-likeness (QED) is 0.0931. The summed E-state index contributed by atoms with van der Waals surface area (Å²) in [6.45, 7) is 0. The lowest BCUT2D eigenvalue weighted by molar-refractivity contribution is -0.254. The standard InChI is InChI=1S/C25H7BF15.C6H7N/c27-11-8(12(28)18(34)23(39)17(11)33)26(6-7-4-2-1-3-5-7,9-13(29)19(35)24(40)20(36)14(9)30)10-15(31)21(37)25(41)22(38)16(10)32;7-6-4-2-1-3-5-6/h1-5H,6H2;1-5H,7H2/q-1;/p+1. The topological polar surface area (TPSA) is 27.6 Å². The minimum absolute atomic E-state index is 0.607. The molecule has 0 saturated heterocycles. The second kappa shape index (κ2) is 13.7. The molecule has 0 bridgehead atoms. The Morgan fingerprint density at radius 1 is 0.333 bits per heavy atom. The summed E-state index contributed by atoms with van der Waals surface area (Å²) < 4.78 is 220. The van der Waals surface area contributed by atoms with E-state index in [9.17, 15) is 39.5 Å². The summed E-state index contributed by atoms with van der Waals surface area (Å²) in [5.41, 5.74) is -3.70. The normalized spacial score (nSPS) is 11.4. The van der Waals surface area contributed by atoms with Crippen molar-refractivity contribution in [3.63, 3.8) is 0 Å². The number of hydrogen-bond donors (Lipinski definition) is 1. The molecule has 0 fully saturated rings. The third-order valence-corrected chi connectivity index (χ3v) is 7.44. The van der Waals surface area contributed by atoms with E-state index in [0.29, 0.717) is 0 Å². The van der Waals surface area contributed by atoms with Gasteiger partial charge in [-0.05, 0) is 12.1 Å². The van der Waals surface area contributed by atoms with Gasteiger partial charge in [-0.2, -0.15) is 0 Å². The average Bonchev–Trinajstić information content (AvgIpc) is 3.07. The number of halogens is 15. The summed E-state index contributed by atoms with van der Waals surface area (Å²) >= 11 is 0. The zero-order valence-electron chi connectivity index (χ0n) is 23.4. The maximum absolute atomic E-state index is 15.3. The molecule has 17 heteroatoms. The third kappa shape index (κ3) is 5.86. The molecule has 0 heterocycles. The Balaban J connectivity index is 0.000000659. The van der Waals surface area contributed by atoms with Crippen LogP contribution in [0.1, 0.15) is 5.56 Å². The van der Waals surface area contributed by atoms with Crippen LogP contribution >= 0.6 is 0 Å². The van der Waals surface area contributed by atoms with Gasteiger partial charge in [-0.3, -0.25) is 0 Å². The molecule has 0 atom stereocenters. The molecule has 0 aliphatic rings. The lowest BCUT2D eigenvalue weighted by Gasteiger charge is -2.44. The molecule has 0 aromatic heterocycles. The Morgan fingerprint density at radius 3 is 0.792 bits per heavy atom. The summed E-state index contributed by atoms with van der Waals surface area (Å²) in [6.07, 6.45) is -7.42. The monoisotopic (exact) mass is 697 g/mol. The van der Waals surface area contributed by atoms with E-state index in [1.807, 2.05) is 30.3 Å². The third-order valence-electron chi connectivity index (χ3n) is 7.44. The molecule has 0 radical (unpaired) electrons. The minimum atomic E-state index is -5.59. The molecule has 1 nitrogen and oxygen atoms in total. The van der Waals surface area contributed by atoms with E-state index in [1.54, 1.807) is 0 Å². The Morgan fingerprint density at radius 2 is 0.562 bits per heavy atom. The average molecular weight is 697 g/mol. The van der Waals surface area contributed by atoms with Crippen LogP contribution in [0, 0.1) is 87.3 Å². The van der Waals surface area contributed by atoms with Crippen molar-refractivity contribution in [2.45, 2.75) is 6.32 Å². The fourth-order valence-corrected chi connectivity index (χ4v) is 5.35. The van der Waals surface area contributed by atoms with E-state index in [1.165, 1.54) is 6.07 Å². The lowest BCUT2D eigenvalue weighted by Crippen LogP contribution is -2.74. The lowest BCUT2D eigenvalue weighted by atomic mass is 9.13. The predicted octanol–water partition coefficient (Wildman–Crippen LogP) is 6.59. The maximum Gasteiger partial charge on any atom is 0.200 e. The van der Waals surface area contributed by atoms with E-state index in [2.05, 4.69) is 5.73 Å². The van der Waals surface area contributed by atoms with Crippen molar-refractivity contribution in [3.05, 3.63) is 153 Å². The second-order valence-electron chi connectivity index (χ2n) is 10.2. The van der Waals surface area contributed by atoms with Crippen LogP contribution in [0.15, 0.2) is 60.7 Å². The SMILES string of the molecule is Fc1c(F)c(F)c([B-](Cc2ccccc2)(c2c(F)c(F)c(F)c(F)c2F)c2c(F)c(F)c(F)c(F)c2F)c(F)c1F.[NH3+]c1ccccc1. The molecule has 0 unspecified atom stereocenters. The van der Waals surface area contributed by atoms with Crippen LogP contribution in [0.3, 0.4) is 0 Å². The molecular weight excluding hydrogens is 682 g/mol. The van der Waals surface area contributed by atoms with Crippen molar-refractivity contribution in [2.75, 3.05) is 0 Å². The second-order valence-corrected chi connectivity index (χ2v) is 10.2. The molecule has 5 aromatic rings. The van der Waals surface area contributed by atoms with E-state index in [0.717, 1.165) is 30.0 Å². The van der Waals surface area contributed by atoms with Crippen molar-refractivity contribution < 1.29 is 71.6 Å². The Bertz CT molecular complexity index is 1770. The van der Waals surface area contributed by atoms with Crippen molar-refractivity contribution >= 4 is 28.2 Å². The molecule has 252 valence electrons. The highest BCUT2D eigenvalue weighted by atomic mass is 19.2. The molecule has 5 aromatic carbocycles. The Hall–Kier alpha value is -4.93. The van der Waals surface area contributed by atoms with Crippen molar-refractivity contribution in [1.29, 1.82) is 0 Å². The van der Waals surface area contributed by atoms with Crippen LogP contribution in [0.25, 0.3) is 0 Å². The van der Waals surface area contributed by atoms with Gasteiger partial charge >= 0.3 is 0 Å². The van der Waals surface area contributed by atoms with Crippen LogP contribution < -0.4 is 22.1 Å². The highest BCUT2D eigenvalue weighted by Gasteiger charge is 2.48. The summed E-state index contributed by atoms with van der Waals surface area (Å²) in [7, 11) is 0. The van der Waals surface area contributed by atoms with E-state index >= 15 is 26.3 Å². The predicted molar refractivity (Wildman–Crippen MR) is 142 cm³/mol. The minimum Gasteiger partial charge on any atom is -0.325 e. The summed E-state index contributed by atoms with van der Waals surface area (Å²) in [5.74, 6) is -45.2. The molecule has 0 amide bonds. The molecule has 3 N–H and O–H groups in total. The van der Waals surface area contributed by atoms with Crippen molar-refractivity contribution in [2.24, 2.45) is 0 Å². The van der Waals surface area contributed by atoms with Crippen LogP contribution in [-0.4, -0.2) is 6.15 Å². The van der Waals surface area contributed by atoms with Gasteiger partial charge in [0.05, 0.1) is 0 Å². The van der Waals surface area contributed by atoms with Crippen molar-refractivity contribution in [3.8, 4) is 0 Å². The summed E-state index contributed by atoms with van der Waals surface area (Å²) in [4.78, 5) is 0. The van der Waals surface area contributed by atoms with Gasteiger partial charge in [-0.1, -0.05) is 54.1 Å². The summed E-state index contributed by atoms with van der Waals surface area (Å²) in [6, 6.07) is 14.8. The Kier molecular flexibility index (Phi) is 10.2. The summed E-state index contributed by atoms with van der Waals surface area (Å²) in [5, 5.41) is 0. The largest absolute Gasteiger partial charge is 0.325 e. The first-order valence-corrected chi connectivity index (χ1v) is 13.1. The van der Waals surface area contributed by atoms with Gasteiger partial charge in [0, 0.05) is 0 Å². The number of quaternary nitrogens is 1. The van der Waals surface area contributed by atoms with Crippen LogP contribution in [0.5, 0.6) is 0 Å². The van der Waals surface area contributed by atoms with Crippen molar-refractivity contribution in [1.82, 2.24) is 0 Å². The first-order chi connectivity index (χ1) is 22.5. The van der Waals surface area contributed by atoms with Gasteiger partial charge in [-0.15, -0.1) is 22.7 Å². The zero-order valence-corrected chi connectivity index (χ0v) is 23.4. The molecule has 48 heavy (non-hydrogen) atoms. The Labute approximate surface area is 260 Å². The highest BCUT2D eigenvalue weighted by molar-refractivity contribution is 7.11. The maximum atomic E-state index is 15.3. The van der Waals surface area contributed by atoms with E-state index < -0.39 is 122 Å². The highest BCUT2D eigenvalue weighted by Crippen LogP contribution is 2.30. The fourth-order valence-electron chi connectivity index (χ4n) is 5.35. The molecular formula is C31H15BF15N.